The SMILES string of the molecule is COC(C)C(O)Cc1c(F)ccc(Br)c1F. The minimum absolute atomic E-state index is 0.119. The molecule has 1 aromatic rings. The van der Waals surface area contributed by atoms with Gasteiger partial charge in [0.25, 0.3) is 0 Å². The van der Waals surface area contributed by atoms with Gasteiger partial charge in [0.05, 0.1) is 16.7 Å². The molecule has 0 saturated heterocycles. The molecule has 1 aromatic carbocycles. The van der Waals surface area contributed by atoms with E-state index in [-0.39, 0.29) is 16.5 Å². The number of aliphatic hydroxyl groups excluding tert-OH is 1. The van der Waals surface area contributed by atoms with Crippen LogP contribution >= 0.6 is 15.9 Å². The Bertz CT molecular complexity index is 371. The molecule has 1 rings (SSSR count). The van der Waals surface area contributed by atoms with Crippen LogP contribution < -0.4 is 0 Å². The third-order valence-electron chi connectivity index (χ3n) is 2.47. The van der Waals surface area contributed by atoms with Crippen molar-refractivity contribution in [1.29, 1.82) is 0 Å². The highest BCUT2D eigenvalue weighted by Gasteiger charge is 2.20. The van der Waals surface area contributed by atoms with Crippen LogP contribution in [0.1, 0.15) is 12.5 Å². The van der Waals surface area contributed by atoms with E-state index in [1.807, 2.05) is 0 Å². The highest BCUT2D eigenvalue weighted by Crippen LogP contribution is 2.23. The molecule has 0 aliphatic carbocycles. The summed E-state index contributed by atoms with van der Waals surface area (Å²) in [7, 11) is 1.43. The summed E-state index contributed by atoms with van der Waals surface area (Å²) in [4.78, 5) is 0. The molecular formula is C11H13BrF2O2. The average molecular weight is 295 g/mol. The lowest BCUT2D eigenvalue weighted by molar-refractivity contribution is -0.000362. The molecule has 0 amide bonds. The van der Waals surface area contributed by atoms with Crippen molar-refractivity contribution in [3.8, 4) is 0 Å². The van der Waals surface area contributed by atoms with E-state index in [1.165, 1.54) is 13.2 Å². The van der Waals surface area contributed by atoms with E-state index in [4.69, 9.17) is 4.74 Å². The molecule has 1 N–H and O–H groups in total. The van der Waals surface area contributed by atoms with Crippen LogP contribution in [0.3, 0.4) is 0 Å². The molecule has 0 saturated carbocycles. The molecule has 16 heavy (non-hydrogen) atoms. The van der Waals surface area contributed by atoms with E-state index >= 15 is 0 Å². The van der Waals surface area contributed by atoms with Gasteiger partial charge >= 0.3 is 0 Å². The van der Waals surface area contributed by atoms with Crippen LogP contribution in [0.5, 0.6) is 0 Å². The number of ether oxygens (including phenoxy) is 1. The van der Waals surface area contributed by atoms with Gasteiger partial charge in [-0.3, -0.25) is 0 Å². The first-order valence-electron chi connectivity index (χ1n) is 4.80. The topological polar surface area (TPSA) is 29.5 Å². The fourth-order valence-corrected chi connectivity index (χ4v) is 1.66. The van der Waals surface area contributed by atoms with Crippen LogP contribution in [-0.2, 0) is 11.2 Å². The third-order valence-corrected chi connectivity index (χ3v) is 3.08. The smallest absolute Gasteiger partial charge is 0.143 e. The summed E-state index contributed by atoms with van der Waals surface area (Å²) in [6, 6.07) is 2.45. The van der Waals surface area contributed by atoms with Crippen LogP contribution in [0.15, 0.2) is 16.6 Å². The fourth-order valence-electron chi connectivity index (χ4n) is 1.29. The Morgan fingerprint density at radius 3 is 2.62 bits per heavy atom. The number of hydrogen-bond donors (Lipinski definition) is 1. The lowest BCUT2D eigenvalue weighted by atomic mass is 10.0. The predicted octanol–water partition coefficient (Wildman–Crippen LogP) is 2.67. The molecule has 0 spiro atoms. The fraction of sp³-hybridized carbons (Fsp3) is 0.455. The maximum atomic E-state index is 13.6. The van der Waals surface area contributed by atoms with E-state index in [0.717, 1.165) is 6.07 Å². The van der Waals surface area contributed by atoms with Gasteiger partial charge in [0.1, 0.15) is 11.6 Å². The number of benzene rings is 1. The van der Waals surface area contributed by atoms with Gasteiger partial charge in [0.2, 0.25) is 0 Å². The molecule has 0 aliphatic rings. The average Bonchev–Trinajstić information content (AvgIpc) is 2.28. The Morgan fingerprint density at radius 1 is 1.44 bits per heavy atom. The molecule has 0 bridgehead atoms. The van der Waals surface area contributed by atoms with Crippen molar-refractivity contribution < 1.29 is 18.6 Å². The van der Waals surface area contributed by atoms with Gasteiger partial charge in [-0.25, -0.2) is 8.78 Å². The van der Waals surface area contributed by atoms with Crippen molar-refractivity contribution in [2.75, 3.05) is 7.11 Å². The largest absolute Gasteiger partial charge is 0.390 e. The van der Waals surface area contributed by atoms with Gasteiger partial charge in [-0.05, 0) is 35.0 Å². The number of rotatable bonds is 4. The number of methoxy groups -OCH3 is 1. The summed E-state index contributed by atoms with van der Waals surface area (Å²) >= 11 is 2.97. The summed E-state index contributed by atoms with van der Waals surface area (Å²) < 4.78 is 32.0. The van der Waals surface area contributed by atoms with Crippen LogP contribution in [0.25, 0.3) is 0 Å². The zero-order chi connectivity index (χ0) is 12.3. The van der Waals surface area contributed by atoms with E-state index in [2.05, 4.69) is 15.9 Å². The van der Waals surface area contributed by atoms with Gasteiger partial charge in [0, 0.05) is 19.1 Å². The Kier molecular flexibility index (Phi) is 4.83. The molecule has 0 fully saturated rings. The molecule has 0 radical (unpaired) electrons. The van der Waals surface area contributed by atoms with Crippen molar-refractivity contribution in [2.45, 2.75) is 25.6 Å². The van der Waals surface area contributed by atoms with Crippen LogP contribution in [0, 0.1) is 11.6 Å². The second-order valence-electron chi connectivity index (χ2n) is 3.53. The number of halogens is 3. The van der Waals surface area contributed by atoms with Crippen LogP contribution in [-0.4, -0.2) is 24.4 Å². The predicted molar refractivity (Wildman–Crippen MR) is 60.2 cm³/mol. The molecule has 2 atom stereocenters. The highest BCUT2D eigenvalue weighted by molar-refractivity contribution is 9.10. The van der Waals surface area contributed by atoms with Gasteiger partial charge in [-0.15, -0.1) is 0 Å². The molecule has 0 aromatic heterocycles. The minimum Gasteiger partial charge on any atom is -0.390 e. The Hall–Kier alpha value is -0.520. The van der Waals surface area contributed by atoms with E-state index in [0.29, 0.717) is 0 Å². The Balaban J connectivity index is 2.92. The molecule has 5 heteroatoms. The van der Waals surface area contributed by atoms with Crippen LogP contribution in [0.4, 0.5) is 8.78 Å². The van der Waals surface area contributed by atoms with E-state index < -0.39 is 23.8 Å². The standard InChI is InChI=1S/C11H13BrF2O2/c1-6(16-2)10(15)5-7-9(13)4-3-8(12)11(7)14/h3-4,6,10,15H,5H2,1-2H3. The lowest BCUT2D eigenvalue weighted by Gasteiger charge is -2.18. The summed E-state index contributed by atoms with van der Waals surface area (Å²) in [5, 5.41) is 9.64. The Labute approximate surface area is 101 Å². The number of aliphatic hydroxyl groups is 1. The first kappa shape index (κ1) is 13.5. The first-order valence-corrected chi connectivity index (χ1v) is 5.60. The van der Waals surface area contributed by atoms with Crippen molar-refractivity contribution in [3.63, 3.8) is 0 Å². The van der Waals surface area contributed by atoms with Crippen molar-refractivity contribution in [1.82, 2.24) is 0 Å². The van der Waals surface area contributed by atoms with E-state index in [1.54, 1.807) is 6.92 Å². The van der Waals surface area contributed by atoms with Gasteiger partial charge in [-0.2, -0.15) is 0 Å². The normalized spacial score (nSPS) is 14.9. The van der Waals surface area contributed by atoms with Gasteiger partial charge in [0.15, 0.2) is 0 Å². The minimum atomic E-state index is -0.941. The van der Waals surface area contributed by atoms with Crippen molar-refractivity contribution >= 4 is 15.9 Å². The van der Waals surface area contributed by atoms with Crippen LogP contribution in [0.2, 0.25) is 0 Å². The Morgan fingerprint density at radius 2 is 2.06 bits per heavy atom. The summed E-state index contributed by atoms with van der Waals surface area (Å²) in [6.45, 7) is 1.64. The molecule has 0 heterocycles. The highest BCUT2D eigenvalue weighted by atomic mass is 79.9. The maximum absolute atomic E-state index is 13.6. The summed E-state index contributed by atoms with van der Waals surface area (Å²) in [5.74, 6) is -1.34. The maximum Gasteiger partial charge on any atom is 0.143 e. The molecule has 0 aliphatic heterocycles. The van der Waals surface area contributed by atoms with Gasteiger partial charge in [-0.1, -0.05) is 0 Å². The third kappa shape index (κ3) is 2.99. The zero-order valence-electron chi connectivity index (χ0n) is 9.01. The lowest BCUT2D eigenvalue weighted by Crippen LogP contribution is -2.27. The first-order chi connectivity index (χ1) is 7.47. The molecule has 2 nitrogen and oxygen atoms in total. The summed E-state index contributed by atoms with van der Waals surface area (Å²) in [5.41, 5.74) is -0.134. The second kappa shape index (κ2) is 5.70. The number of hydrogen-bond acceptors (Lipinski definition) is 2. The molecular weight excluding hydrogens is 282 g/mol. The quantitative estimate of drug-likeness (QED) is 0.865. The van der Waals surface area contributed by atoms with Crippen molar-refractivity contribution in [3.05, 3.63) is 33.8 Å². The zero-order valence-corrected chi connectivity index (χ0v) is 10.6. The van der Waals surface area contributed by atoms with Gasteiger partial charge < -0.3 is 9.84 Å². The monoisotopic (exact) mass is 294 g/mol. The summed E-state index contributed by atoms with van der Waals surface area (Å²) in [6.07, 6.45) is -1.53. The van der Waals surface area contributed by atoms with Crippen molar-refractivity contribution in [2.24, 2.45) is 0 Å². The van der Waals surface area contributed by atoms with E-state index in [9.17, 15) is 13.9 Å². The molecule has 90 valence electrons. The molecule has 2 unspecified atom stereocenters. The second-order valence-corrected chi connectivity index (χ2v) is 4.39.